The van der Waals surface area contributed by atoms with Crippen molar-refractivity contribution in [1.29, 1.82) is 0 Å². The van der Waals surface area contributed by atoms with Crippen molar-refractivity contribution in [3.63, 3.8) is 0 Å². The molecule has 0 radical (unpaired) electrons. The molecule has 3 N–H and O–H groups in total. The van der Waals surface area contributed by atoms with Gasteiger partial charge in [0.15, 0.2) is 0 Å². The average molecular weight is 792 g/mol. The van der Waals surface area contributed by atoms with Gasteiger partial charge in [0.25, 0.3) is 0 Å². The SMILES string of the molecule is CCCCCCCCCCCCCCCCCCCCCC(=O)OCCCC/C=C\CCCCCCC(=O)NC(CO)C(O)CCCCCCCCCCCC. The summed E-state index contributed by atoms with van der Waals surface area (Å²) in [6, 6.07) is -0.563. The zero-order chi connectivity index (χ0) is 40.8. The number of hydrogen-bond donors (Lipinski definition) is 3. The molecule has 0 aliphatic carbocycles. The number of aliphatic hydroxyl groups excluding tert-OH is 2. The number of carbonyl (C=O) groups excluding carboxylic acids is 2. The number of allylic oxidation sites excluding steroid dienone is 2. The molecule has 0 fully saturated rings. The van der Waals surface area contributed by atoms with E-state index in [2.05, 4.69) is 31.3 Å². The van der Waals surface area contributed by atoms with E-state index >= 15 is 0 Å². The van der Waals surface area contributed by atoms with Crippen molar-refractivity contribution >= 4 is 11.9 Å². The fourth-order valence-corrected chi connectivity index (χ4v) is 7.69. The molecule has 6 heteroatoms. The zero-order valence-electron chi connectivity index (χ0n) is 37.6. The molecule has 56 heavy (non-hydrogen) atoms. The van der Waals surface area contributed by atoms with Crippen LogP contribution in [0.5, 0.6) is 0 Å². The number of carbonyl (C=O) groups is 2. The van der Waals surface area contributed by atoms with Gasteiger partial charge in [-0.25, -0.2) is 0 Å². The summed E-state index contributed by atoms with van der Waals surface area (Å²) in [7, 11) is 0. The first-order chi connectivity index (χ1) is 27.5. The first kappa shape index (κ1) is 54.6. The van der Waals surface area contributed by atoms with E-state index in [0.29, 0.717) is 25.9 Å². The molecule has 0 saturated heterocycles. The summed E-state index contributed by atoms with van der Waals surface area (Å²) in [5, 5.41) is 23.0. The predicted octanol–water partition coefficient (Wildman–Crippen LogP) is 14.6. The first-order valence-corrected chi connectivity index (χ1v) is 24.9. The number of ether oxygens (including phenoxy) is 1. The Kier molecular flexibility index (Phi) is 45.1. The quantitative estimate of drug-likeness (QED) is 0.0324. The Morgan fingerprint density at radius 2 is 0.839 bits per heavy atom. The van der Waals surface area contributed by atoms with Gasteiger partial charge in [0.1, 0.15) is 0 Å². The van der Waals surface area contributed by atoms with Crippen LogP contribution in [0.4, 0.5) is 0 Å². The predicted molar refractivity (Wildman–Crippen MR) is 241 cm³/mol. The van der Waals surface area contributed by atoms with Gasteiger partial charge in [-0.15, -0.1) is 0 Å². The Morgan fingerprint density at radius 1 is 0.482 bits per heavy atom. The third-order valence-corrected chi connectivity index (χ3v) is 11.6. The lowest BCUT2D eigenvalue weighted by Crippen LogP contribution is -2.45. The normalized spacial score (nSPS) is 12.7. The third kappa shape index (κ3) is 42.2. The molecule has 0 aliphatic heterocycles. The molecular formula is C50H97NO5. The van der Waals surface area contributed by atoms with E-state index in [1.54, 1.807) is 0 Å². The summed E-state index contributed by atoms with van der Waals surface area (Å²) in [5.41, 5.74) is 0. The zero-order valence-corrected chi connectivity index (χ0v) is 37.6. The highest BCUT2D eigenvalue weighted by Gasteiger charge is 2.20. The largest absolute Gasteiger partial charge is 0.466 e. The minimum Gasteiger partial charge on any atom is -0.466 e. The highest BCUT2D eigenvalue weighted by atomic mass is 16.5. The van der Waals surface area contributed by atoms with E-state index in [1.807, 2.05) is 0 Å². The van der Waals surface area contributed by atoms with Crippen molar-refractivity contribution in [3.8, 4) is 0 Å². The Balaban J connectivity index is 3.47. The standard InChI is InChI=1S/C50H97NO5/c1-3-5-7-9-11-13-15-16-17-18-19-20-21-22-23-28-32-36-40-44-50(55)56-45-41-37-33-29-25-24-27-31-35-39-43-49(54)51-47(46-52)48(53)42-38-34-30-26-14-12-10-8-6-4-2/h25,29,47-48,52-53H,3-24,26-28,30-46H2,1-2H3,(H,51,54)/b29-25-. The fraction of sp³-hybridized carbons (Fsp3) is 0.920. The lowest BCUT2D eigenvalue weighted by molar-refractivity contribution is -0.143. The summed E-state index contributed by atoms with van der Waals surface area (Å²) in [6.07, 6.45) is 51.9. The van der Waals surface area contributed by atoms with E-state index in [4.69, 9.17) is 4.74 Å². The second-order valence-electron chi connectivity index (χ2n) is 17.1. The van der Waals surface area contributed by atoms with Gasteiger partial charge in [-0.05, 0) is 51.4 Å². The van der Waals surface area contributed by atoms with Gasteiger partial charge < -0.3 is 20.3 Å². The first-order valence-electron chi connectivity index (χ1n) is 24.9. The van der Waals surface area contributed by atoms with Crippen molar-refractivity contribution in [3.05, 3.63) is 12.2 Å². The minimum atomic E-state index is -0.682. The summed E-state index contributed by atoms with van der Waals surface area (Å²) < 4.78 is 5.44. The third-order valence-electron chi connectivity index (χ3n) is 11.6. The van der Waals surface area contributed by atoms with Crippen molar-refractivity contribution < 1.29 is 24.5 Å². The van der Waals surface area contributed by atoms with Crippen molar-refractivity contribution in [2.45, 2.75) is 283 Å². The molecule has 0 saturated carbocycles. The van der Waals surface area contributed by atoms with E-state index in [-0.39, 0.29) is 18.5 Å². The minimum absolute atomic E-state index is 0.0320. The molecule has 332 valence electrons. The lowest BCUT2D eigenvalue weighted by Gasteiger charge is -2.22. The van der Waals surface area contributed by atoms with Crippen molar-refractivity contribution in [2.24, 2.45) is 0 Å². The molecule has 0 rings (SSSR count). The van der Waals surface area contributed by atoms with Crippen LogP contribution in [0.2, 0.25) is 0 Å². The number of esters is 1. The van der Waals surface area contributed by atoms with E-state index < -0.39 is 12.1 Å². The molecule has 2 atom stereocenters. The maximum atomic E-state index is 12.4. The maximum Gasteiger partial charge on any atom is 0.305 e. The molecule has 0 spiro atoms. The van der Waals surface area contributed by atoms with Crippen molar-refractivity contribution in [2.75, 3.05) is 13.2 Å². The number of unbranched alkanes of at least 4 members (excludes halogenated alkanes) is 33. The van der Waals surface area contributed by atoms with Crippen LogP contribution in [0.25, 0.3) is 0 Å². The Morgan fingerprint density at radius 3 is 1.27 bits per heavy atom. The number of rotatable bonds is 46. The summed E-state index contributed by atoms with van der Waals surface area (Å²) in [4.78, 5) is 24.4. The van der Waals surface area contributed by atoms with Crippen LogP contribution >= 0.6 is 0 Å². The summed E-state index contributed by atoms with van der Waals surface area (Å²) in [5.74, 6) is -0.104. The number of amides is 1. The fourth-order valence-electron chi connectivity index (χ4n) is 7.69. The molecule has 0 aromatic heterocycles. The highest BCUT2D eigenvalue weighted by molar-refractivity contribution is 5.76. The second-order valence-corrected chi connectivity index (χ2v) is 17.1. The van der Waals surface area contributed by atoms with Gasteiger partial charge in [0, 0.05) is 12.8 Å². The lowest BCUT2D eigenvalue weighted by atomic mass is 10.0. The van der Waals surface area contributed by atoms with Gasteiger partial charge >= 0.3 is 5.97 Å². The summed E-state index contributed by atoms with van der Waals surface area (Å²) >= 11 is 0. The van der Waals surface area contributed by atoms with E-state index in [0.717, 1.165) is 77.0 Å². The van der Waals surface area contributed by atoms with Crippen LogP contribution in [-0.2, 0) is 14.3 Å². The van der Waals surface area contributed by atoms with Crippen LogP contribution in [0.15, 0.2) is 12.2 Å². The molecular weight excluding hydrogens is 695 g/mol. The molecule has 0 aliphatic rings. The van der Waals surface area contributed by atoms with E-state index in [1.165, 1.54) is 161 Å². The molecule has 0 aromatic rings. The highest BCUT2D eigenvalue weighted by Crippen LogP contribution is 2.16. The number of hydrogen-bond acceptors (Lipinski definition) is 5. The molecule has 6 nitrogen and oxygen atoms in total. The van der Waals surface area contributed by atoms with Gasteiger partial charge in [-0.3, -0.25) is 9.59 Å². The smallest absolute Gasteiger partial charge is 0.305 e. The van der Waals surface area contributed by atoms with Gasteiger partial charge in [0.2, 0.25) is 5.91 Å². The van der Waals surface area contributed by atoms with Gasteiger partial charge in [-0.2, -0.15) is 0 Å². The summed E-state index contributed by atoms with van der Waals surface area (Å²) in [6.45, 7) is 4.86. The van der Waals surface area contributed by atoms with E-state index in [9.17, 15) is 19.8 Å². The van der Waals surface area contributed by atoms with Crippen LogP contribution < -0.4 is 5.32 Å². The molecule has 0 aromatic carbocycles. The van der Waals surface area contributed by atoms with Crippen LogP contribution in [0.1, 0.15) is 271 Å². The van der Waals surface area contributed by atoms with Crippen molar-refractivity contribution in [1.82, 2.24) is 5.32 Å². The topological polar surface area (TPSA) is 95.9 Å². The molecule has 0 heterocycles. The molecule has 0 bridgehead atoms. The van der Waals surface area contributed by atoms with Gasteiger partial charge in [-0.1, -0.05) is 219 Å². The van der Waals surface area contributed by atoms with Crippen LogP contribution in [0, 0.1) is 0 Å². The van der Waals surface area contributed by atoms with Crippen LogP contribution in [0.3, 0.4) is 0 Å². The Labute approximate surface area is 349 Å². The average Bonchev–Trinajstić information content (AvgIpc) is 3.20. The number of nitrogens with one attached hydrogen (secondary N) is 1. The Hall–Kier alpha value is -1.40. The number of aliphatic hydroxyl groups is 2. The van der Waals surface area contributed by atoms with Gasteiger partial charge in [0.05, 0.1) is 25.4 Å². The van der Waals surface area contributed by atoms with Crippen LogP contribution in [-0.4, -0.2) is 47.4 Å². The molecule has 1 amide bonds. The maximum absolute atomic E-state index is 12.4. The molecule has 2 unspecified atom stereocenters. The Bertz CT molecular complexity index is 832. The second kappa shape index (κ2) is 46.3. The monoisotopic (exact) mass is 792 g/mol.